The van der Waals surface area contributed by atoms with Crippen LogP contribution in [0.3, 0.4) is 0 Å². The quantitative estimate of drug-likeness (QED) is 0.575. The van der Waals surface area contributed by atoms with Gasteiger partial charge in [-0.15, -0.1) is 0 Å². The fraction of sp³-hybridized carbons (Fsp3) is 0.286. The third kappa shape index (κ3) is 6.12. The summed E-state index contributed by atoms with van der Waals surface area (Å²) in [6.07, 6.45) is 2.03. The SMILES string of the molecule is CCCCOc1ccc(C(=O)Nc2ccc(C(=O)NC(C)C(=O)O)cc2)cc1. The molecule has 0 radical (unpaired) electrons. The van der Waals surface area contributed by atoms with Crippen LogP contribution < -0.4 is 15.4 Å². The second kappa shape index (κ2) is 10.1. The Morgan fingerprint density at radius 2 is 1.54 bits per heavy atom. The van der Waals surface area contributed by atoms with E-state index in [2.05, 4.69) is 17.6 Å². The Bertz CT molecular complexity index is 816. The Morgan fingerprint density at radius 3 is 2.11 bits per heavy atom. The Kier molecular flexibility index (Phi) is 7.56. The third-order valence-corrected chi connectivity index (χ3v) is 4.01. The van der Waals surface area contributed by atoms with Crippen molar-refractivity contribution in [1.29, 1.82) is 0 Å². The van der Waals surface area contributed by atoms with Crippen molar-refractivity contribution in [3.05, 3.63) is 59.7 Å². The molecular formula is C21H24N2O5. The first kappa shape index (κ1) is 21.0. The number of amides is 2. The normalized spacial score (nSPS) is 11.4. The van der Waals surface area contributed by atoms with Crippen LogP contribution in [0.1, 0.15) is 47.4 Å². The molecule has 2 amide bonds. The molecule has 7 nitrogen and oxygen atoms in total. The molecule has 2 aromatic rings. The largest absolute Gasteiger partial charge is 0.494 e. The van der Waals surface area contributed by atoms with Gasteiger partial charge in [-0.2, -0.15) is 0 Å². The molecule has 2 rings (SSSR count). The van der Waals surface area contributed by atoms with Gasteiger partial charge in [0.05, 0.1) is 6.61 Å². The van der Waals surface area contributed by atoms with Crippen LogP contribution in [0.15, 0.2) is 48.5 Å². The maximum Gasteiger partial charge on any atom is 0.325 e. The van der Waals surface area contributed by atoms with Gasteiger partial charge >= 0.3 is 5.97 Å². The molecule has 0 spiro atoms. The molecular weight excluding hydrogens is 360 g/mol. The summed E-state index contributed by atoms with van der Waals surface area (Å²) < 4.78 is 5.57. The highest BCUT2D eigenvalue weighted by atomic mass is 16.5. The van der Waals surface area contributed by atoms with Gasteiger partial charge in [0.15, 0.2) is 0 Å². The Labute approximate surface area is 163 Å². The number of hydrogen-bond acceptors (Lipinski definition) is 4. The predicted molar refractivity (Wildman–Crippen MR) is 106 cm³/mol. The fourth-order valence-electron chi connectivity index (χ4n) is 2.29. The minimum atomic E-state index is -1.11. The van der Waals surface area contributed by atoms with Gasteiger partial charge in [-0.25, -0.2) is 0 Å². The molecule has 1 atom stereocenters. The second-order valence-corrected chi connectivity index (χ2v) is 6.29. The Hall–Kier alpha value is -3.35. The lowest BCUT2D eigenvalue weighted by molar-refractivity contribution is -0.138. The van der Waals surface area contributed by atoms with Crippen molar-refractivity contribution in [1.82, 2.24) is 5.32 Å². The minimum absolute atomic E-state index is 0.281. The number of rotatable bonds is 9. The van der Waals surface area contributed by atoms with Crippen molar-refractivity contribution >= 4 is 23.5 Å². The number of hydrogen-bond donors (Lipinski definition) is 3. The summed E-state index contributed by atoms with van der Waals surface area (Å²) in [7, 11) is 0. The number of nitrogens with one attached hydrogen (secondary N) is 2. The van der Waals surface area contributed by atoms with Gasteiger partial charge in [0.25, 0.3) is 11.8 Å². The van der Waals surface area contributed by atoms with E-state index in [0.29, 0.717) is 23.4 Å². The van der Waals surface area contributed by atoms with E-state index in [1.54, 1.807) is 36.4 Å². The molecule has 0 fully saturated rings. The molecule has 148 valence electrons. The molecule has 7 heteroatoms. The summed E-state index contributed by atoms with van der Waals surface area (Å²) in [6, 6.07) is 12.1. The van der Waals surface area contributed by atoms with Crippen LogP contribution in [0.5, 0.6) is 5.75 Å². The van der Waals surface area contributed by atoms with E-state index < -0.39 is 17.9 Å². The number of carboxylic acid groups (broad SMARTS) is 1. The zero-order valence-electron chi connectivity index (χ0n) is 15.9. The summed E-state index contributed by atoms with van der Waals surface area (Å²) in [5.74, 6) is -1.17. The Balaban J connectivity index is 1.93. The van der Waals surface area contributed by atoms with Crippen LogP contribution >= 0.6 is 0 Å². The molecule has 2 aromatic carbocycles. The van der Waals surface area contributed by atoms with Gasteiger partial charge < -0.3 is 20.5 Å². The number of carbonyl (C=O) groups is 3. The van der Waals surface area contributed by atoms with Crippen LogP contribution in [0.2, 0.25) is 0 Å². The third-order valence-electron chi connectivity index (χ3n) is 4.01. The monoisotopic (exact) mass is 384 g/mol. The van der Waals surface area contributed by atoms with Gasteiger partial charge in [-0.05, 0) is 61.9 Å². The fourth-order valence-corrected chi connectivity index (χ4v) is 2.29. The molecule has 1 unspecified atom stereocenters. The van der Waals surface area contributed by atoms with Gasteiger partial charge in [0, 0.05) is 16.8 Å². The van der Waals surface area contributed by atoms with E-state index in [0.717, 1.165) is 18.6 Å². The van der Waals surface area contributed by atoms with E-state index in [1.807, 2.05) is 0 Å². The average molecular weight is 384 g/mol. The zero-order valence-corrected chi connectivity index (χ0v) is 15.9. The first-order valence-corrected chi connectivity index (χ1v) is 9.08. The first-order valence-electron chi connectivity index (χ1n) is 9.08. The number of carbonyl (C=O) groups excluding carboxylic acids is 2. The molecule has 0 aromatic heterocycles. The predicted octanol–water partition coefficient (Wildman–Crippen LogP) is 3.32. The number of aliphatic carboxylic acids is 1. The summed E-state index contributed by atoms with van der Waals surface area (Å²) in [6.45, 7) is 4.12. The van der Waals surface area contributed by atoms with Crippen molar-refractivity contribution in [2.45, 2.75) is 32.7 Å². The van der Waals surface area contributed by atoms with Gasteiger partial charge in [-0.1, -0.05) is 13.3 Å². The van der Waals surface area contributed by atoms with E-state index in [1.165, 1.54) is 19.1 Å². The number of ether oxygens (including phenoxy) is 1. The standard InChI is InChI=1S/C21H24N2O5/c1-3-4-13-28-18-11-7-16(8-12-18)20(25)23-17-9-5-15(6-10-17)19(24)22-14(2)21(26)27/h5-12,14H,3-4,13H2,1-2H3,(H,22,24)(H,23,25)(H,26,27). The summed E-state index contributed by atoms with van der Waals surface area (Å²) in [4.78, 5) is 35.1. The topological polar surface area (TPSA) is 105 Å². The summed E-state index contributed by atoms with van der Waals surface area (Å²) in [5.41, 5.74) is 1.32. The second-order valence-electron chi connectivity index (χ2n) is 6.29. The molecule has 0 aliphatic heterocycles. The number of benzene rings is 2. The van der Waals surface area contributed by atoms with Crippen LogP contribution in [0.25, 0.3) is 0 Å². The highest BCUT2D eigenvalue weighted by Gasteiger charge is 2.15. The molecule has 28 heavy (non-hydrogen) atoms. The minimum Gasteiger partial charge on any atom is -0.494 e. The summed E-state index contributed by atoms with van der Waals surface area (Å²) in [5, 5.41) is 13.9. The maximum absolute atomic E-state index is 12.3. The molecule has 0 saturated carbocycles. The molecule has 0 heterocycles. The van der Waals surface area contributed by atoms with Crippen LogP contribution in [0.4, 0.5) is 5.69 Å². The van der Waals surface area contributed by atoms with Crippen LogP contribution in [-0.4, -0.2) is 35.5 Å². The van der Waals surface area contributed by atoms with Crippen molar-refractivity contribution in [2.75, 3.05) is 11.9 Å². The summed E-state index contributed by atoms with van der Waals surface area (Å²) >= 11 is 0. The molecule has 0 bridgehead atoms. The van der Waals surface area contributed by atoms with Crippen LogP contribution in [0, 0.1) is 0 Å². The molecule has 0 saturated heterocycles. The lowest BCUT2D eigenvalue weighted by Gasteiger charge is -2.10. The lowest BCUT2D eigenvalue weighted by Crippen LogP contribution is -2.38. The van der Waals surface area contributed by atoms with Crippen LogP contribution in [-0.2, 0) is 4.79 Å². The number of unbranched alkanes of at least 4 members (excludes halogenated alkanes) is 1. The van der Waals surface area contributed by atoms with E-state index in [-0.39, 0.29) is 5.91 Å². The van der Waals surface area contributed by atoms with Crippen molar-refractivity contribution < 1.29 is 24.2 Å². The smallest absolute Gasteiger partial charge is 0.325 e. The van der Waals surface area contributed by atoms with Gasteiger partial charge in [0.2, 0.25) is 0 Å². The van der Waals surface area contributed by atoms with Gasteiger partial charge in [0.1, 0.15) is 11.8 Å². The average Bonchev–Trinajstić information content (AvgIpc) is 2.69. The lowest BCUT2D eigenvalue weighted by atomic mass is 10.1. The van der Waals surface area contributed by atoms with Crippen molar-refractivity contribution in [3.63, 3.8) is 0 Å². The van der Waals surface area contributed by atoms with E-state index >= 15 is 0 Å². The maximum atomic E-state index is 12.3. The number of anilines is 1. The van der Waals surface area contributed by atoms with Crippen molar-refractivity contribution in [3.8, 4) is 5.75 Å². The highest BCUT2D eigenvalue weighted by molar-refractivity contribution is 6.04. The number of carboxylic acids is 1. The Morgan fingerprint density at radius 1 is 0.964 bits per heavy atom. The zero-order chi connectivity index (χ0) is 20.5. The molecule has 0 aliphatic rings. The molecule has 3 N–H and O–H groups in total. The van der Waals surface area contributed by atoms with E-state index in [4.69, 9.17) is 9.84 Å². The van der Waals surface area contributed by atoms with Gasteiger partial charge in [-0.3, -0.25) is 14.4 Å². The van der Waals surface area contributed by atoms with Crippen molar-refractivity contribution in [2.24, 2.45) is 0 Å². The molecule has 0 aliphatic carbocycles. The highest BCUT2D eigenvalue weighted by Crippen LogP contribution is 2.15. The van der Waals surface area contributed by atoms with E-state index in [9.17, 15) is 14.4 Å². The first-order chi connectivity index (χ1) is 13.4.